The maximum Gasteiger partial charge on any atom is 0.259 e. The summed E-state index contributed by atoms with van der Waals surface area (Å²) in [7, 11) is 4.05. The molecule has 4 aromatic rings. The zero-order chi connectivity index (χ0) is 27.5. The Kier molecular flexibility index (Phi) is 7.84. The zero-order valence-electron chi connectivity index (χ0n) is 23.7. The number of hydrogen-bond donors (Lipinski definition) is 2. The fourth-order valence-corrected chi connectivity index (χ4v) is 6.28. The van der Waals surface area contributed by atoms with Crippen molar-refractivity contribution in [2.24, 2.45) is 0 Å². The second-order valence-corrected chi connectivity index (χ2v) is 11.4. The summed E-state index contributed by atoms with van der Waals surface area (Å²) in [6.07, 6.45) is 9.99. The molecule has 2 aliphatic rings. The van der Waals surface area contributed by atoms with Crippen molar-refractivity contribution in [2.45, 2.75) is 38.1 Å². The molecule has 0 atom stereocenters. The van der Waals surface area contributed by atoms with Crippen LogP contribution in [0.1, 0.15) is 31.2 Å². The molecule has 0 bridgehead atoms. The second kappa shape index (κ2) is 11.8. The number of likely N-dealkylation sites (tertiary alicyclic amines) is 2. The van der Waals surface area contributed by atoms with Gasteiger partial charge in [0.05, 0.1) is 5.39 Å². The van der Waals surface area contributed by atoms with Crippen LogP contribution in [-0.2, 0) is 6.42 Å². The fraction of sp³-hybridized carbons (Fsp3) is 0.394. The van der Waals surface area contributed by atoms with Crippen LogP contribution < -0.4 is 15.8 Å². The van der Waals surface area contributed by atoms with Crippen molar-refractivity contribution in [3.05, 3.63) is 82.9 Å². The Morgan fingerprint density at radius 3 is 2.52 bits per heavy atom. The lowest BCUT2D eigenvalue weighted by Gasteiger charge is -2.36. The lowest BCUT2D eigenvalue weighted by atomic mass is 10.0. The maximum atomic E-state index is 13.0. The van der Waals surface area contributed by atoms with Crippen molar-refractivity contribution in [3.63, 3.8) is 0 Å². The molecule has 4 heterocycles. The Bertz CT molecular complexity index is 1500. The van der Waals surface area contributed by atoms with E-state index in [1.54, 1.807) is 12.4 Å². The van der Waals surface area contributed by atoms with Crippen molar-refractivity contribution < 1.29 is 0 Å². The highest BCUT2D eigenvalue weighted by Gasteiger charge is 2.26. The fourth-order valence-electron chi connectivity index (χ4n) is 6.28. The summed E-state index contributed by atoms with van der Waals surface area (Å²) in [5.74, 6) is 0.568. The molecular formula is C33H40N6O. The van der Waals surface area contributed by atoms with Gasteiger partial charge in [-0.05, 0) is 99.7 Å². The van der Waals surface area contributed by atoms with Gasteiger partial charge in [-0.2, -0.15) is 0 Å². The average molecular weight is 537 g/mol. The highest BCUT2D eigenvalue weighted by Crippen LogP contribution is 2.31. The van der Waals surface area contributed by atoms with Gasteiger partial charge < -0.3 is 25.0 Å². The van der Waals surface area contributed by atoms with E-state index in [4.69, 9.17) is 0 Å². The molecule has 2 fully saturated rings. The Morgan fingerprint density at radius 1 is 1.00 bits per heavy atom. The van der Waals surface area contributed by atoms with E-state index in [0.29, 0.717) is 11.2 Å². The standard InChI is InChI=1S/C33H40N6O/c1-37(2)28-7-5-6-25(22-28)30-23-35-33(40)31-29(30)12-16-34-32(31)36-26-10-8-24(9-11-26)13-19-38-20-14-27(15-21-38)39-17-3-4-18-39/h5-12,16,22-23,27H,3-4,13-15,17-21H2,1-2H3,(H,34,36)(H,35,40). The van der Waals surface area contributed by atoms with E-state index >= 15 is 0 Å². The van der Waals surface area contributed by atoms with Gasteiger partial charge in [0.1, 0.15) is 5.82 Å². The average Bonchev–Trinajstić information content (AvgIpc) is 3.53. The number of nitrogens with one attached hydrogen (secondary N) is 2. The summed E-state index contributed by atoms with van der Waals surface area (Å²) >= 11 is 0. The monoisotopic (exact) mass is 536 g/mol. The molecule has 7 nitrogen and oxygen atoms in total. The number of anilines is 3. The smallest absolute Gasteiger partial charge is 0.259 e. The Hall–Kier alpha value is -3.68. The molecule has 2 aromatic heterocycles. The Labute approximate surface area is 236 Å². The third-order valence-corrected chi connectivity index (χ3v) is 8.64. The SMILES string of the molecule is CN(C)c1cccc(-c2c[nH]c(=O)c3c(Nc4ccc(CCN5CCC(N6CCCC6)CC5)cc4)nccc23)c1. The molecule has 208 valence electrons. The van der Waals surface area contributed by atoms with Crippen molar-refractivity contribution in [1.82, 2.24) is 19.8 Å². The largest absolute Gasteiger partial charge is 0.378 e. The van der Waals surface area contributed by atoms with Crippen LogP contribution in [0.25, 0.3) is 21.9 Å². The van der Waals surface area contributed by atoms with E-state index in [2.05, 4.69) is 72.4 Å². The number of rotatable bonds is 8. The van der Waals surface area contributed by atoms with Crippen molar-refractivity contribution in [1.29, 1.82) is 0 Å². The predicted molar refractivity (Wildman–Crippen MR) is 166 cm³/mol. The van der Waals surface area contributed by atoms with Gasteiger partial charge in [0.2, 0.25) is 0 Å². The van der Waals surface area contributed by atoms with Gasteiger partial charge in [-0.3, -0.25) is 4.79 Å². The van der Waals surface area contributed by atoms with Crippen LogP contribution in [-0.4, -0.2) is 72.6 Å². The van der Waals surface area contributed by atoms with Crippen molar-refractivity contribution in [3.8, 4) is 11.1 Å². The van der Waals surface area contributed by atoms with Crippen LogP contribution in [0.15, 0.2) is 71.8 Å². The number of hydrogen-bond acceptors (Lipinski definition) is 6. The lowest BCUT2D eigenvalue weighted by Crippen LogP contribution is -2.44. The number of nitrogens with zero attached hydrogens (tertiary/aromatic N) is 4. The summed E-state index contributed by atoms with van der Waals surface area (Å²) in [6, 6.07) is 19.6. The second-order valence-electron chi connectivity index (χ2n) is 11.4. The van der Waals surface area contributed by atoms with Crippen LogP contribution in [0.3, 0.4) is 0 Å². The predicted octanol–water partition coefficient (Wildman–Crippen LogP) is 5.50. The summed E-state index contributed by atoms with van der Waals surface area (Å²) in [6.45, 7) is 6.14. The first-order valence-corrected chi connectivity index (χ1v) is 14.7. The van der Waals surface area contributed by atoms with Gasteiger partial charge in [0.15, 0.2) is 0 Å². The Balaban J connectivity index is 1.13. The zero-order valence-corrected chi connectivity index (χ0v) is 23.7. The van der Waals surface area contributed by atoms with Crippen molar-refractivity contribution in [2.75, 3.05) is 57.0 Å². The minimum atomic E-state index is -0.150. The molecule has 2 aromatic carbocycles. The van der Waals surface area contributed by atoms with Gasteiger partial charge in [-0.1, -0.05) is 24.3 Å². The highest BCUT2D eigenvalue weighted by atomic mass is 16.1. The molecule has 2 saturated heterocycles. The van der Waals surface area contributed by atoms with E-state index in [0.717, 1.165) is 46.9 Å². The highest BCUT2D eigenvalue weighted by molar-refractivity contribution is 6.01. The van der Waals surface area contributed by atoms with Gasteiger partial charge in [-0.15, -0.1) is 0 Å². The van der Waals surface area contributed by atoms with E-state index in [1.807, 2.05) is 26.2 Å². The molecule has 40 heavy (non-hydrogen) atoms. The van der Waals surface area contributed by atoms with Gasteiger partial charge in [-0.25, -0.2) is 4.98 Å². The van der Waals surface area contributed by atoms with E-state index in [9.17, 15) is 4.79 Å². The Morgan fingerprint density at radius 2 is 1.77 bits per heavy atom. The molecule has 6 rings (SSSR count). The minimum absolute atomic E-state index is 0.150. The first-order chi connectivity index (χ1) is 19.5. The normalized spacial score (nSPS) is 16.9. The third kappa shape index (κ3) is 5.76. The van der Waals surface area contributed by atoms with E-state index in [1.165, 1.54) is 57.4 Å². The molecule has 0 unspecified atom stereocenters. The number of aromatic amines is 1. The summed E-state index contributed by atoms with van der Waals surface area (Å²) in [4.78, 5) is 27.9. The van der Waals surface area contributed by atoms with Crippen LogP contribution in [0.4, 0.5) is 17.2 Å². The first-order valence-electron chi connectivity index (χ1n) is 14.7. The molecular weight excluding hydrogens is 496 g/mol. The van der Waals surface area contributed by atoms with Gasteiger partial charge >= 0.3 is 0 Å². The molecule has 2 aliphatic heterocycles. The summed E-state index contributed by atoms with van der Waals surface area (Å²) < 4.78 is 0. The maximum absolute atomic E-state index is 13.0. The van der Waals surface area contributed by atoms with E-state index in [-0.39, 0.29) is 5.56 Å². The molecule has 7 heteroatoms. The third-order valence-electron chi connectivity index (χ3n) is 8.64. The van der Waals surface area contributed by atoms with E-state index < -0.39 is 0 Å². The molecule has 0 amide bonds. The number of H-pyrrole nitrogens is 1. The molecule has 0 radical (unpaired) electrons. The minimum Gasteiger partial charge on any atom is -0.378 e. The molecule has 2 N–H and O–H groups in total. The van der Waals surface area contributed by atoms with Crippen molar-refractivity contribution >= 4 is 28.0 Å². The van der Waals surface area contributed by atoms with Gasteiger partial charge in [0, 0.05) is 61.4 Å². The quantitative estimate of drug-likeness (QED) is 0.310. The van der Waals surface area contributed by atoms with Crippen LogP contribution in [0, 0.1) is 0 Å². The number of aromatic nitrogens is 2. The molecule has 0 aliphatic carbocycles. The first kappa shape index (κ1) is 26.5. The number of fused-ring (bicyclic) bond motifs is 1. The number of piperidine rings is 1. The van der Waals surface area contributed by atoms with Crippen LogP contribution in [0.5, 0.6) is 0 Å². The summed E-state index contributed by atoms with van der Waals surface area (Å²) in [5.41, 5.74) is 5.24. The molecule has 0 spiro atoms. The summed E-state index contributed by atoms with van der Waals surface area (Å²) in [5, 5.41) is 4.85. The van der Waals surface area contributed by atoms with Gasteiger partial charge in [0.25, 0.3) is 5.56 Å². The number of pyridine rings is 2. The van der Waals surface area contributed by atoms with Crippen LogP contribution >= 0.6 is 0 Å². The van der Waals surface area contributed by atoms with Crippen LogP contribution in [0.2, 0.25) is 0 Å². The molecule has 0 saturated carbocycles. The lowest BCUT2D eigenvalue weighted by molar-refractivity contribution is 0.128. The topological polar surface area (TPSA) is 67.5 Å². The number of benzene rings is 2.